The summed E-state index contributed by atoms with van der Waals surface area (Å²) in [6, 6.07) is 15.4. The van der Waals surface area contributed by atoms with Gasteiger partial charge in [0.15, 0.2) is 0 Å². The summed E-state index contributed by atoms with van der Waals surface area (Å²) in [5, 5.41) is 0. The molecule has 19 heavy (non-hydrogen) atoms. The van der Waals surface area contributed by atoms with Crippen LogP contribution in [0.5, 0.6) is 11.5 Å². The summed E-state index contributed by atoms with van der Waals surface area (Å²) in [4.78, 5) is 11.9. The van der Waals surface area contributed by atoms with E-state index < -0.39 is 0 Å². The van der Waals surface area contributed by atoms with Crippen LogP contribution < -0.4 is 9.47 Å². The maximum absolute atomic E-state index is 11.9. The molecule has 0 spiro atoms. The van der Waals surface area contributed by atoms with Gasteiger partial charge in [0.25, 0.3) is 0 Å². The number of benzene rings is 2. The molecule has 0 amide bonds. The molecular weight excluding hydrogens is 240 g/mol. The second-order valence-electron chi connectivity index (χ2n) is 4.56. The zero-order valence-corrected chi connectivity index (χ0v) is 10.6. The minimum absolute atomic E-state index is 0.169. The number of carbonyl (C=O) groups excluding carboxylic acids is 1. The van der Waals surface area contributed by atoms with Crippen molar-refractivity contribution in [3.63, 3.8) is 0 Å². The maximum Gasteiger partial charge on any atom is 0.319 e. The molecule has 0 fully saturated rings. The summed E-state index contributed by atoms with van der Waals surface area (Å²) in [7, 11) is 1.64. The van der Waals surface area contributed by atoms with Crippen LogP contribution in [0.2, 0.25) is 0 Å². The predicted molar refractivity (Wildman–Crippen MR) is 71.5 cm³/mol. The standard InChI is InChI=1S/C16H14O3/c1-18-12-8-6-11(7-9-12)10-14-13-4-2-3-5-15(13)19-16(14)17/h2-9,14H,10H2,1H3. The van der Waals surface area contributed by atoms with Crippen LogP contribution in [0, 0.1) is 0 Å². The summed E-state index contributed by atoms with van der Waals surface area (Å²) in [5.41, 5.74) is 2.07. The SMILES string of the molecule is COc1ccc(CC2C(=O)Oc3ccccc32)cc1. The Kier molecular flexibility index (Phi) is 2.95. The molecule has 0 saturated carbocycles. The first-order valence-electron chi connectivity index (χ1n) is 6.21. The first kappa shape index (κ1) is 11.8. The van der Waals surface area contributed by atoms with E-state index in [1.54, 1.807) is 7.11 Å². The highest BCUT2D eigenvalue weighted by Crippen LogP contribution is 2.36. The number of methoxy groups -OCH3 is 1. The second-order valence-corrected chi connectivity index (χ2v) is 4.56. The van der Waals surface area contributed by atoms with Crippen molar-refractivity contribution >= 4 is 5.97 Å². The predicted octanol–water partition coefficient (Wildman–Crippen LogP) is 2.94. The smallest absolute Gasteiger partial charge is 0.319 e. The summed E-state index contributed by atoms with van der Waals surface area (Å²) < 4.78 is 10.4. The van der Waals surface area contributed by atoms with Gasteiger partial charge < -0.3 is 9.47 Å². The van der Waals surface area contributed by atoms with Crippen LogP contribution in [0.25, 0.3) is 0 Å². The Balaban J connectivity index is 1.84. The summed E-state index contributed by atoms with van der Waals surface area (Å²) in [5.74, 6) is 1.13. The van der Waals surface area contributed by atoms with Crippen molar-refractivity contribution in [1.29, 1.82) is 0 Å². The van der Waals surface area contributed by atoms with Gasteiger partial charge in [-0.3, -0.25) is 4.79 Å². The van der Waals surface area contributed by atoms with Crippen molar-refractivity contribution < 1.29 is 14.3 Å². The summed E-state index contributed by atoms with van der Waals surface area (Å²) in [6.45, 7) is 0. The highest BCUT2D eigenvalue weighted by molar-refractivity contribution is 5.86. The van der Waals surface area contributed by atoms with E-state index in [0.717, 1.165) is 16.9 Å². The minimum atomic E-state index is -0.204. The molecule has 3 rings (SSSR count). The lowest BCUT2D eigenvalue weighted by Gasteiger charge is -2.08. The van der Waals surface area contributed by atoms with Crippen LogP contribution in [-0.4, -0.2) is 13.1 Å². The van der Waals surface area contributed by atoms with Crippen LogP contribution in [0.3, 0.4) is 0 Å². The number of esters is 1. The molecule has 1 atom stereocenters. The van der Waals surface area contributed by atoms with Crippen LogP contribution in [0.15, 0.2) is 48.5 Å². The van der Waals surface area contributed by atoms with Crippen molar-refractivity contribution in [3.05, 3.63) is 59.7 Å². The Hall–Kier alpha value is -2.29. The molecule has 0 N–H and O–H groups in total. The first-order valence-corrected chi connectivity index (χ1v) is 6.21. The third kappa shape index (κ3) is 2.19. The van der Waals surface area contributed by atoms with Crippen LogP contribution in [0.4, 0.5) is 0 Å². The lowest BCUT2D eigenvalue weighted by molar-refractivity contribution is -0.134. The van der Waals surface area contributed by atoms with Gasteiger partial charge in [0.05, 0.1) is 13.0 Å². The third-order valence-electron chi connectivity index (χ3n) is 3.39. The van der Waals surface area contributed by atoms with Crippen molar-refractivity contribution in [3.8, 4) is 11.5 Å². The van der Waals surface area contributed by atoms with Crippen molar-refractivity contribution in [2.45, 2.75) is 12.3 Å². The quantitative estimate of drug-likeness (QED) is 0.624. The highest BCUT2D eigenvalue weighted by Gasteiger charge is 2.32. The van der Waals surface area contributed by atoms with E-state index >= 15 is 0 Å². The fourth-order valence-electron chi connectivity index (χ4n) is 2.36. The molecule has 96 valence electrons. The first-order chi connectivity index (χ1) is 9.28. The average Bonchev–Trinajstić information content (AvgIpc) is 2.76. The number of fused-ring (bicyclic) bond motifs is 1. The number of hydrogen-bond donors (Lipinski definition) is 0. The number of ether oxygens (including phenoxy) is 2. The molecule has 1 aliphatic heterocycles. The Labute approximate surface area is 111 Å². The van der Waals surface area contributed by atoms with E-state index in [1.165, 1.54) is 0 Å². The van der Waals surface area contributed by atoms with Gasteiger partial charge in [0, 0.05) is 5.56 Å². The van der Waals surface area contributed by atoms with E-state index in [9.17, 15) is 4.79 Å². The molecule has 3 nitrogen and oxygen atoms in total. The van der Waals surface area contributed by atoms with Crippen molar-refractivity contribution in [2.75, 3.05) is 7.11 Å². The zero-order valence-electron chi connectivity index (χ0n) is 10.6. The van der Waals surface area contributed by atoms with Crippen LogP contribution in [-0.2, 0) is 11.2 Å². The Bertz CT molecular complexity index is 602. The maximum atomic E-state index is 11.9. The molecule has 1 aliphatic rings. The molecule has 0 bridgehead atoms. The Morgan fingerprint density at radius 1 is 1.11 bits per heavy atom. The van der Waals surface area contributed by atoms with Gasteiger partial charge in [0.1, 0.15) is 11.5 Å². The average molecular weight is 254 g/mol. The minimum Gasteiger partial charge on any atom is -0.497 e. The van der Waals surface area contributed by atoms with E-state index in [2.05, 4.69) is 0 Å². The van der Waals surface area contributed by atoms with E-state index in [4.69, 9.17) is 9.47 Å². The Morgan fingerprint density at radius 3 is 2.58 bits per heavy atom. The molecule has 1 unspecified atom stereocenters. The lowest BCUT2D eigenvalue weighted by atomic mass is 9.93. The van der Waals surface area contributed by atoms with Crippen molar-refractivity contribution in [2.24, 2.45) is 0 Å². The molecule has 2 aromatic carbocycles. The van der Waals surface area contributed by atoms with Gasteiger partial charge in [-0.25, -0.2) is 0 Å². The topological polar surface area (TPSA) is 35.5 Å². The third-order valence-corrected chi connectivity index (χ3v) is 3.39. The lowest BCUT2D eigenvalue weighted by Crippen LogP contribution is -2.12. The van der Waals surface area contributed by atoms with Gasteiger partial charge in [-0.05, 0) is 30.2 Å². The zero-order chi connectivity index (χ0) is 13.2. The molecule has 0 saturated heterocycles. The highest BCUT2D eigenvalue weighted by atomic mass is 16.5. The number of carbonyl (C=O) groups is 1. The van der Waals surface area contributed by atoms with Crippen LogP contribution >= 0.6 is 0 Å². The molecule has 2 aromatic rings. The second kappa shape index (κ2) is 4.76. The van der Waals surface area contributed by atoms with Crippen molar-refractivity contribution in [1.82, 2.24) is 0 Å². The van der Waals surface area contributed by atoms with E-state index in [-0.39, 0.29) is 11.9 Å². The molecular formula is C16H14O3. The molecule has 1 heterocycles. The van der Waals surface area contributed by atoms with E-state index in [0.29, 0.717) is 12.2 Å². The summed E-state index contributed by atoms with van der Waals surface area (Å²) in [6.07, 6.45) is 0.653. The normalized spacial score (nSPS) is 16.9. The Morgan fingerprint density at radius 2 is 1.84 bits per heavy atom. The molecule has 0 aromatic heterocycles. The number of para-hydroxylation sites is 1. The number of hydrogen-bond acceptors (Lipinski definition) is 3. The van der Waals surface area contributed by atoms with Gasteiger partial charge in [-0.15, -0.1) is 0 Å². The summed E-state index contributed by atoms with van der Waals surface area (Å²) >= 11 is 0. The molecule has 0 aliphatic carbocycles. The number of rotatable bonds is 3. The molecule has 3 heteroatoms. The fraction of sp³-hybridized carbons (Fsp3) is 0.188. The van der Waals surface area contributed by atoms with Gasteiger partial charge in [-0.1, -0.05) is 30.3 Å². The van der Waals surface area contributed by atoms with Gasteiger partial charge in [-0.2, -0.15) is 0 Å². The van der Waals surface area contributed by atoms with E-state index in [1.807, 2.05) is 48.5 Å². The molecule has 0 radical (unpaired) electrons. The van der Waals surface area contributed by atoms with Gasteiger partial charge in [0.2, 0.25) is 0 Å². The monoisotopic (exact) mass is 254 g/mol. The van der Waals surface area contributed by atoms with Gasteiger partial charge >= 0.3 is 5.97 Å². The van der Waals surface area contributed by atoms with Crippen LogP contribution in [0.1, 0.15) is 17.0 Å². The largest absolute Gasteiger partial charge is 0.497 e. The fourth-order valence-corrected chi connectivity index (χ4v) is 2.36.